The molecule has 1 aromatic heterocycles. The van der Waals surface area contributed by atoms with E-state index in [1.807, 2.05) is 0 Å². The molecule has 20 heavy (non-hydrogen) atoms. The number of aromatic carboxylic acids is 1. The average Bonchev–Trinajstić information content (AvgIpc) is 2.76. The molecule has 0 unspecified atom stereocenters. The van der Waals surface area contributed by atoms with E-state index in [9.17, 15) is 14.7 Å². The van der Waals surface area contributed by atoms with Crippen LogP contribution in [0.15, 0.2) is 30.3 Å². The fraction of sp³-hybridized carbons (Fsp3) is 0.214. The molecule has 0 aliphatic heterocycles. The first-order valence-electron chi connectivity index (χ1n) is 6.03. The predicted octanol–water partition coefficient (Wildman–Crippen LogP) is 1.70. The van der Waals surface area contributed by atoms with E-state index in [-0.39, 0.29) is 11.5 Å². The number of carbonyl (C=O) groups excluding carboxylic acids is 1. The number of hydrogen-bond donors (Lipinski definition) is 1. The Labute approximate surface area is 116 Å². The maximum atomic E-state index is 12.4. The van der Waals surface area contributed by atoms with Gasteiger partial charge in [-0.1, -0.05) is 12.1 Å². The van der Waals surface area contributed by atoms with Crippen LogP contribution in [0.25, 0.3) is 0 Å². The zero-order valence-electron chi connectivity index (χ0n) is 11.5. The van der Waals surface area contributed by atoms with Gasteiger partial charge in [-0.15, -0.1) is 0 Å². The number of carbonyl (C=O) groups is 2. The lowest BCUT2D eigenvalue weighted by molar-refractivity contribution is 0.0697. The standard InChI is InChI=1S/C14H15N3O3/c1-9-8-12(17(3)15-9)13(18)16(2)11-7-5-4-6-10(11)14(19)20/h4-8H,1-3H3,(H,19,20). The van der Waals surface area contributed by atoms with Crippen molar-refractivity contribution in [2.24, 2.45) is 7.05 Å². The molecule has 0 bridgehead atoms. The molecule has 0 fully saturated rings. The number of nitrogens with zero attached hydrogens (tertiary/aromatic N) is 3. The lowest BCUT2D eigenvalue weighted by Gasteiger charge is -2.19. The molecule has 6 heteroatoms. The third-order valence-corrected chi connectivity index (χ3v) is 3.02. The van der Waals surface area contributed by atoms with Crippen LogP contribution < -0.4 is 4.90 Å². The molecule has 0 saturated heterocycles. The Balaban J connectivity index is 2.41. The van der Waals surface area contributed by atoms with E-state index >= 15 is 0 Å². The summed E-state index contributed by atoms with van der Waals surface area (Å²) in [5.41, 5.74) is 1.58. The zero-order valence-corrected chi connectivity index (χ0v) is 11.5. The number of anilines is 1. The van der Waals surface area contributed by atoms with Crippen molar-refractivity contribution < 1.29 is 14.7 Å². The fourth-order valence-corrected chi connectivity index (χ4v) is 2.04. The first kappa shape index (κ1) is 13.8. The Morgan fingerprint density at radius 2 is 1.95 bits per heavy atom. The van der Waals surface area contributed by atoms with E-state index in [4.69, 9.17) is 0 Å². The van der Waals surface area contributed by atoms with Crippen LogP contribution in [0.2, 0.25) is 0 Å². The molecule has 1 heterocycles. The third kappa shape index (κ3) is 2.40. The van der Waals surface area contributed by atoms with Gasteiger partial charge in [0, 0.05) is 14.1 Å². The normalized spacial score (nSPS) is 10.3. The van der Waals surface area contributed by atoms with Crippen molar-refractivity contribution in [3.8, 4) is 0 Å². The maximum Gasteiger partial charge on any atom is 0.337 e. The molecule has 104 valence electrons. The van der Waals surface area contributed by atoms with E-state index in [1.165, 1.54) is 15.6 Å². The molecule has 0 aliphatic carbocycles. The van der Waals surface area contributed by atoms with Gasteiger partial charge in [-0.3, -0.25) is 9.48 Å². The smallest absolute Gasteiger partial charge is 0.337 e. The number of aryl methyl sites for hydroxylation is 2. The minimum absolute atomic E-state index is 0.0854. The topological polar surface area (TPSA) is 75.4 Å². The zero-order chi connectivity index (χ0) is 14.9. The van der Waals surface area contributed by atoms with Gasteiger partial charge in [-0.2, -0.15) is 5.10 Å². The molecule has 1 amide bonds. The molecule has 0 radical (unpaired) electrons. The van der Waals surface area contributed by atoms with E-state index in [2.05, 4.69) is 5.10 Å². The van der Waals surface area contributed by atoms with Gasteiger partial charge in [-0.25, -0.2) is 4.79 Å². The molecule has 2 rings (SSSR count). The van der Waals surface area contributed by atoms with Gasteiger partial charge in [0.25, 0.3) is 5.91 Å². The number of carboxylic acid groups (broad SMARTS) is 1. The summed E-state index contributed by atoms with van der Waals surface area (Å²) >= 11 is 0. The predicted molar refractivity (Wildman–Crippen MR) is 74.1 cm³/mol. The second kappa shape index (κ2) is 5.16. The molecule has 0 aliphatic rings. The van der Waals surface area contributed by atoms with Gasteiger partial charge in [0.15, 0.2) is 0 Å². The lowest BCUT2D eigenvalue weighted by atomic mass is 10.1. The Morgan fingerprint density at radius 3 is 2.50 bits per heavy atom. The first-order chi connectivity index (χ1) is 9.41. The Kier molecular flexibility index (Phi) is 3.56. The molecule has 1 N–H and O–H groups in total. The van der Waals surface area contributed by atoms with Crippen LogP contribution in [0.5, 0.6) is 0 Å². The Bertz CT molecular complexity index is 676. The van der Waals surface area contributed by atoms with Crippen LogP contribution in [0.1, 0.15) is 26.5 Å². The monoisotopic (exact) mass is 273 g/mol. The number of para-hydroxylation sites is 1. The lowest BCUT2D eigenvalue weighted by Crippen LogP contribution is -2.29. The van der Waals surface area contributed by atoms with E-state index < -0.39 is 5.97 Å². The van der Waals surface area contributed by atoms with Gasteiger partial charge in [0.1, 0.15) is 5.69 Å². The third-order valence-electron chi connectivity index (χ3n) is 3.02. The van der Waals surface area contributed by atoms with Gasteiger partial charge < -0.3 is 10.0 Å². The first-order valence-corrected chi connectivity index (χ1v) is 6.03. The Morgan fingerprint density at radius 1 is 1.30 bits per heavy atom. The fourth-order valence-electron chi connectivity index (χ4n) is 2.04. The highest BCUT2D eigenvalue weighted by atomic mass is 16.4. The molecule has 1 aromatic carbocycles. The number of rotatable bonds is 3. The molecule has 0 spiro atoms. The minimum atomic E-state index is -1.07. The minimum Gasteiger partial charge on any atom is -0.478 e. The maximum absolute atomic E-state index is 12.4. The SMILES string of the molecule is Cc1cc(C(=O)N(C)c2ccccc2C(=O)O)n(C)n1. The second-order valence-corrected chi connectivity index (χ2v) is 4.48. The second-order valence-electron chi connectivity index (χ2n) is 4.48. The number of amides is 1. The van der Waals surface area contributed by atoms with Gasteiger partial charge >= 0.3 is 5.97 Å². The van der Waals surface area contributed by atoms with E-state index in [1.54, 1.807) is 45.3 Å². The van der Waals surface area contributed by atoms with Crippen molar-refractivity contribution in [2.75, 3.05) is 11.9 Å². The van der Waals surface area contributed by atoms with Crippen LogP contribution in [0.3, 0.4) is 0 Å². The van der Waals surface area contributed by atoms with Crippen molar-refractivity contribution in [1.82, 2.24) is 9.78 Å². The number of carboxylic acids is 1. The quantitative estimate of drug-likeness (QED) is 0.923. The van der Waals surface area contributed by atoms with Crippen molar-refractivity contribution in [2.45, 2.75) is 6.92 Å². The van der Waals surface area contributed by atoms with Crippen LogP contribution in [0, 0.1) is 6.92 Å². The van der Waals surface area contributed by atoms with Gasteiger partial charge in [0.05, 0.1) is 16.9 Å². The summed E-state index contributed by atoms with van der Waals surface area (Å²) in [6.07, 6.45) is 0. The molecule has 0 saturated carbocycles. The Hall–Kier alpha value is -2.63. The summed E-state index contributed by atoms with van der Waals surface area (Å²) in [6, 6.07) is 8.06. The largest absolute Gasteiger partial charge is 0.478 e. The highest BCUT2D eigenvalue weighted by Crippen LogP contribution is 2.21. The van der Waals surface area contributed by atoms with Crippen molar-refractivity contribution >= 4 is 17.6 Å². The summed E-state index contributed by atoms with van der Waals surface area (Å²) in [6.45, 7) is 1.79. The summed E-state index contributed by atoms with van der Waals surface area (Å²) in [5.74, 6) is -1.37. The van der Waals surface area contributed by atoms with Crippen molar-refractivity contribution in [3.05, 3.63) is 47.3 Å². The summed E-state index contributed by atoms with van der Waals surface area (Å²) in [4.78, 5) is 24.9. The number of aromatic nitrogens is 2. The van der Waals surface area contributed by atoms with Crippen molar-refractivity contribution in [3.63, 3.8) is 0 Å². The molecular formula is C14H15N3O3. The highest BCUT2D eigenvalue weighted by molar-refractivity contribution is 6.08. The van der Waals surface area contributed by atoms with Crippen LogP contribution in [0.4, 0.5) is 5.69 Å². The molecule has 6 nitrogen and oxygen atoms in total. The van der Waals surface area contributed by atoms with E-state index in [0.717, 1.165) is 5.69 Å². The summed E-state index contributed by atoms with van der Waals surface area (Å²) in [7, 11) is 3.23. The van der Waals surface area contributed by atoms with Crippen LogP contribution >= 0.6 is 0 Å². The van der Waals surface area contributed by atoms with E-state index in [0.29, 0.717) is 11.4 Å². The molecule has 2 aromatic rings. The van der Waals surface area contributed by atoms with Crippen LogP contribution in [-0.2, 0) is 7.05 Å². The summed E-state index contributed by atoms with van der Waals surface area (Å²) < 4.78 is 1.48. The van der Waals surface area contributed by atoms with Crippen molar-refractivity contribution in [1.29, 1.82) is 0 Å². The molecule has 0 atom stereocenters. The van der Waals surface area contributed by atoms with Gasteiger partial charge in [-0.05, 0) is 25.1 Å². The number of benzene rings is 1. The van der Waals surface area contributed by atoms with Gasteiger partial charge in [0.2, 0.25) is 0 Å². The highest BCUT2D eigenvalue weighted by Gasteiger charge is 2.21. The summed E-state index contributed by atoms with van der Waals surface area (Å²) in [5, 5.41) is 13.3. The van der Waals surface area contributed by atoms with Crippen LogP contribution in [-0.4, -0.2) is 33.8 Å². The average molecular weight is 273 g/mol. The molecular weight excluding hydrogens is 258 g/mol. The number of hydrogen-bond acceptors (Lipinski definition) is 3.